The molecular weight excluding hydrogens is 376 g/mol. The zero-order valence-electron chi connectivity index (χ0n) is 16.1. The van der Waals surface area contributed by atoms with Gasteiger partial charge in [-0.1, -0.05) is 29.8 Å². The topological polar surface area (TPSA) is 75.5 Å². The van der Waals surface area contributed by atoms with Gasteiger partial charge in [0.25, 0.3) is 11.8 Å². The van der Waals surface area contributed by atoms with Crippen molar-refractivity contribution in [1.82, 2.24) is 20.0 Å². The van der Waals surface area contributed by atoms with Crippen molar-refractivity contribution in [3.05, 3.63) is 70.8 Å². The molecule has 0 radical (unpaired) electrons. The van der Waals surface area contributed by atoms with Crippen molar-refractivity contribution in [3.63, 3.8) is 0 Å². The molecule has 0 aliphatic carbocycles. The predicted molar refractivity (Wildman–Crippen MR) is 110 cm³/mol. The van der Waals surface area contributed by atoms with E-state index in [0.29, 0.717) is 23.5 Å². The van der Waals surface area contributed by atoms with E-state index in [4.69, 9.17) is 11.6 Å². The molecule has 2 amide bonds. The Balaban J connectivity index is 1.77. The SMILES string of the molecule is CC(C)(C)NC(=O)c1nc(C(=O)NCCc2ccc(Cl)cc2)n2ccccc12. The van der Waals surface area contributed by atoms with Gasteiger partial charge >= 0.3 is 0 Å². The third-order valence-corrected chi connectivity index (χ3v) is 4.32. The molecule has 0 saturated carbocycles. The second-order valence-corrected chi connectivity index (χ2v) is 8.01. The van der Waals surface area contributed by atoms with Crippen LogP contribution in [0.3, 0.4) is 0 Å². The minimum absolute atomic E-state index is 0.186. The first-order chi connectivity index (χ1) is 13.2. The largest absolute Gasteiger partial charge is 0.349 e. The summed E-state index contributed by atoms with van der Waals surface area (Å²) < 4.78 is 1.63. The highest BCUT2D eigenvalue weighted by Gasteiger charge is 2.23. The number of carbonyl (C=O) groups is 2. The number of carbonyl (C=O) groups excluding carboxylic acids is 2. The van der Waals surface area contributed by atoms with Crippen molar-refractivity contribution >= 4 is 28.9 Å². The molecule has 0 atom stereocenters. The maximum atomic E-state index is 12.7. The molecule has 0 bridgehead atoms. The maximum absolute atomic E-state index is 12.7. The summed E-state index contributed by atoms with van der Waals surface area (Å²) in [6.45, 7) is 6.14. The molecule has 0 fully saturated rings. The van der Waals surface area contributed by atoms with Crippen LogP contribution in [0.4, 0.5) is 0 Å². The van der Waals surface area contributed by atoms with Crippen molar-refractivity contribution in [1.29, 1.82) is 0 Å². The molecule has 146 valence electrons. The van der Waals surface area contributed by atoms with Gasteiger partial charge in [0.15, 0.2) is 5.69 Å². The fourth-order valence-corrected chi connectivity index (χ4v) is 2.94. The molecule has 2 heterocycles. The van der Waals surface area contributed by atoms with E-state index in [2.05, 4.69) is 15.6 Å². The van der Waals surface area contributed by atoms with Crippen molar-refractivity contribution in [2.24, 2.45) is 0 Å². The van der Waals surface area contributed by atoms with E-state index in [-0.39, 0.29) is 23.3 Å². The summed E-state index contributed by atoms with van der Waals surface area (Å²) in [4.78, 5) is 29.6. The van der Waals surface area contributed by atoms with Gasteiger partial charge in [-0.3, -0.25) is 14.0 Å². The Kier molecular flexibility index (Phi) is 5.70. The summed E-state index contributed by atoms with van der Waals surface area (Å²) in [6, 6.07) is 12.9. The molecule has 6 nitrogen and oxygen atoms in total. The van der Waals surface area contributed by atoms with E-state index >= 15 is 0 Å². The van der Waals surface area contributed by atoms with E-state index in [9.17, 15) is 9.59 Å². The first kappa shape index (κ1) is 19.9. The molecule has 2 N–H and O–H groups in total. The Hall–Kier alpha value is -2.86. The molecule has 2 aromatic heterocycles. The van der Waals surface area contributed by atoms with Gasteiger partial charge in [0, 0.05) is 23.3 Å². The summed E-state index contributed by atoms with van der Waals surface area (Å²) >= 11 is 5.89. The first-order valence-corrected chi connectivity index (χ1v) is 9.44. The van der Waals surface area contributed by atoms with Gasteiger partial charge in [-0.25, -0.2) is 4.98 Å². The Morgan fingerprint density at radius 3 is 2.46 bits per heavy atom. The van der Waals surface area contributed by atoms with Crippen LogP contribution in [0.2, 0.25) is 5.02 Å². The third-order valence-electron chi connectivity index (χ3n) is 4.07. The molecule has 1 aromatic carbocycles. The molecule has 0 saturated heterocycles. The van der Waals surface area contributed by atoms with E-state index < -0.39 is 5.54 Å². The summed E-state index contributed by atoms with van der Waals surface area (Å²) in [5, 5.41) is 6.44. The summed E-state index contributed by atoms with van der Waals surface area (Å²) in [7, 11) is 0. The second kappa shape index (κ2) is 8.02. The lowest BCUT2D eigenvalue weighted by Gasteiger charge is -2.19. The van der Waals surface area contributed by atoms with Gasteiger partial charge in [0.2, 0.25) is 5.82 Å². The smallest absolute Gasteiger partial charge is 0.287 e. The molecule has 28 heavy (non-hydrogen) atoms. The average Bonchev–Trinajstić information content (AvgIpc) is 3.02. The first-order valence-electron chi connectivity index (χ1n) is 9.07. The fraction of sp³-hybridized carbons (Fsp3) is 0.286. The summed E-state index contributed by atoms with van der Waals surface area (Å²) in [6.07, 6.45) is 2.40. The van der Waals surface area contributed by atoms with Crippen LogP contribution in [0, 0.1) is 0 Å². The summed E-state index contributed by atoms with van der Waals surface area (Å²) in [5.74, 6) is -0.452. The number of amides is 2. The quantitative estimate of drug-likeness (QED) is 0.690. The van der Waals surface area contributed by atoms with Crippen molar-refractivity contribution in [3.8, 4) is 0 Å². The van der Waals surface area contributed by atoms with Gasteiger partial charge < -0.3 is 10.6 Å². The lowest BCUT2D eigenvalue weighted by molar-refractivity contribution is 0.0916. The molecule has 3 rings (SSSR count). The number of nitrogens with zero attached hydrogens (tertiary/aromatic N) is 2. The van der Waals surface area contributed by atoms with Crippen molar-refractivity contribution < 1.29 is 9.59 Å². The van der Waals surface area contributed by atoms with E-state index in [1.54, 1.807) is 22.7 Å². The number of aromatic nitrogens is 2. The molecule has 0 aliphatic rings. The van der Waals surface area contributed by atoms with E-state index in [0.717, 1.165) is 5.56 Å². The minimum atomic E-state index is -0.400. The van der Waals surface area contributed by atoms with Crippen molar-refractivity contribution in [2.45, 2.75) is 32.7 Å². The fourth-order valence-electron chi connectivity index (χ4n) is 2.82. The lowest BCUT2D eigenvalue weighted by atomic mass is 10.1. The van der Waals surface area contributed by atoms with Crippen LogP contribution in [0.25, 0.3) is 5.52 Å². The molecular formula is C21H23ClN4O2. The van der Waals surface area contributed by atoms with Crippen LogP contribution in [-0.4, -0.2) is 33.3 Å². The Labute approximate surface area is 168 Å². The number of hydrogen-bond donors (Lipinski definition) is 2. The molecule has 0 unspecified atom stereocenters. The highest BCUT2D eigenvalue weighted by Crippen LogP contribution is 2.15. The zero-order chi connectivity index (χ0) is 20.3. The minimum Gasteiger partial charge on any atom is -0.349 e. The molecule has 0 spiro atoms. The number of pyridine rings is 1. The van der Waals surface area contributed by atoms with Crippen LogP contribution < -0.4 is 10.6 Å². The third kappa shape index (κ3) is 4.70. The standard InChI is InChI=1S/C21H23ClN4O2/c1-21(2,3)25-19(27)17-16-6-4-5-13-26(16)18(24-17)20(28)23-12-11-14-7-9-15(22)10-8-14/h4-10,13H,11-12H2,1-3H3,(H,23,28)(H,25,27). The molecule has 3 aromatic rings. The zero-order valence-corrected chi connectivity index (χ0v) is 16.9. The maximum Gasteiger partial charge on any atom is 0.287 e. The molecule has 7 heteroatoms. The number of imidazole rings is 1. The van der Waals surface area contributed by atoms with Crippen LogP contribution in [0.5, 0.6) is 0 Å². The number of fused-ring (bicyclic) bond motifs is 1. The van der Waals surface area contributed by atoms with Crippen LogP contribution in [0.15, 0.2) is 48.7 Å². The van der Waals surface area contributed by atoms with E-state index in [1.807, 2.05) is 51.1 Å². The highest BCUT2D eigenvalue weighted by molar-refractivity contribution is 6.30. The Morgan fingerprint density at radius 1 is 1.07 bits per heavy atom. The number of halogens is 1. The normalized spacial score (nSPS) is 11.4. The second-order valence-electron chi connectivity index (χ2n) is 7.58. The van der Waals surface area contributed by atoms with Gasteiger partial charge in [-0.15, -0.1) is 0 Å². The average molecular weight is 399 g/mol. The van der Waals surface area contributed by atoms with Gasteiger partial charge in [0.05, 0.1) is 5.52 Å². The van der Waals surface area contributed by atoms with Crippen molar-refractivity contribution in [2.75, 3.05) is 6.54 Å². The van der Waals surface area contributed by atoms with Crippen LogP contribution >= 0.6 is 11.6 Å². The Bertz CT molecular complexity index is 1000. The number of rotatable bonds is 5. The number of nitrogens with one attached hydrogen (secondary N) is 2. The molecule has 0 aliphatic heterocycles. The van der Waals surface area contributed by atoms with Gasteiger partial charge in [0.1, 0.15) is 0 Å². The lowest BCUT2D eigenvalue weighted by Crippen LogP contribution is -2.40. The van der Waals surface area contributed by atoms with Gasteiger partial charge in [-0.05, 0) is 57.0 Å². The number of benzene rings is 1. The Morgan fingerprint density at radius 2 is 1.79 bits per heavy atom. The monoisotopic (exact) mass is 398 g/mol. The van der Waals surface area contributed by atoms with Gasteiger partial charge in [-0.2, -0.15) is 0 Å². The van der Waals surface area contributed by atoms with Crippen LogP contribution in [0.1, 0.15) is 47.4 Å². The van der Waals surface area contributed by atoms with Crippen LogP contribution in [-0.2, 0) is 6.42 Å². The predicted octanol–water partition coefficient (Wildman–Crippen LogP) is 3.49. The summed E-state index contributed by atoms with van der Waals surface area (Å²) in [5.41, 5.74) is 1.50. The highest BCUT2D eigenvalue weighted by atomic mass is 35.5. The van der Waals surface area contributed by atoms with E-state index in [1.165, 1.54) is 0 Å². The number of hydrogen-bond acceptors (Lipinski definition) is 3.